The third kappa shape index (κ3) is 2.91. The largest absolute Gasteiger partial charge is 0.303 e. The summed E-state index contributed by atoms with van der Waals surface area (Å²) in [5.41, 5.74) is 0.489. The second-order valence-electron chi connectivity index (χ2n) is 5.00. The summed E-state index contributed by atoms with van der Waals surface area (Å²) < 4.78 is 23.8. The summed E-state index contributed by atoms with van der Waals surface area (Å²) in [4.78, 5) is 10.4. The van der Waals surface area contributed by atoms with Gasteiger partial charge in [-0.2, -0.15) is 5.26 Å². The van der Waals surface area contributed by atoms with E-state index in [9.17, 15) is 18.5 Å². The summed E-state index contributed by atoms with van der Waals surface area (Å²) in [6.07, 6.45) is 1.13. The Kier molecular flexibility index (Phi) is 5.46. The van der Waals surface area contributed by atoms with Crippen LogP contribution < -0.4 is 0 Å². The Labute approximate surface area is 120 Å². The Morgan fingerprint density at radius 3 is 2.35 bits per heavy atom. The summed E-state index contributed by atoms with van der Waals surface area (Å²) in [5, 5.41) is 9.59. The highest BCUT2D eigenvalue weighted by atomic mass is 32.2. The van der Waals surface area contributed by atoms with E-state index in [0.717, 1.165) is 0 Å². The summed E-state index contributed by atoms with van der Waals surface area (Å²) in [5.74, 6) is -0.539. The van der Waals surface area contributed by atoms with Crippen LogP contribution in [0.3, 0.4) is 0 Å². The lowest BCUT2D eigenvalue weighted by Crippen LogP contribution is -2.41. The third-order valence-corrected chi connectivity index (χ3v) is 6.01. The van der Waals surface area contributed by atoms with Gasteiger partial charge in [-0.1, -0.05) is 44.2 Å². The van der Waals surface area contributed by atoms with Gasteiger partial charge in [-0.05, 0) is 17.9 Å². The van der Waals surface area contributed by atoms with Crippen molar-refractivity contribution in [1.82, 2.24) is 0 Å². The average molecular weight is 293 g/mol. The highest BCUT2D eigenvalue weighted by Gasteiger charge is 2.48. The molecular weight excluding hydrogens is 274 g/mol. The van der Waals surface area contributed by atoms with Crippen LogP contribution >= 0.6 is 0 Å². The van der Waals surface area contributed by atoms with Crippen molar-refractivity contribution in [3.63, 3.8) is 0 Å². The molecule has 108 valence electrons. The monoisotopic (exact) mass is 293 g/mol. The molecule has 0 amide bonds. The first kappa shape index (κ1) is 16.4. The van der Waals surface area contributed by atoms with Crippen molar-refractivity contribution in [1.29, 1.82) is 5.26 Å². The predicted octanol–water partition coefficient (Wildman–Crippen LogP) is 2.46. The van der Waals surface area contributed by atoms with Crippen LogP contribution in [0.25, 0.3) is 0 Å². The second-order valence-corrected chi connectivity index (χ2v) is 7.28. The van der Waals surface area contributed by atoms with Crippen LogP contribution in [-0.4, -0.2) is 20.5 Å². The summed E-state index contributed by atoms with van der Waals surface area (Å²) in [6.45, 7) is 3.46. The predicted molar refractivity (Wildman–Crippen MR) is 77.7 cm³/mol. The lowest BCUT2D eigenvalue weighted by Gasteiger charge is -2.30. The van der Waals surface area contributed by atoms with Crippen LogP contribution in [0, 0.1) is 17.2 Å². The average Bonchev–Trinajstić information content (AvgIpc) is 2.40. The van der Waals surface area contributed by atoms with Gasteiger partial charge in [0.15, 0.2) is 14.6 Å². The van der Waals surface area contributed by atoms with Gasteiger partial charge in [-0.3, -0.25) is 0 Å². The van der Waals surface area contributed by atoms with Crippen molar-refractivity contribution in [2.45, 2.75) is 31.4 Å². The molecule has 4 nitrogen and oxygen atoms in total. The number of sulfone groups is 1. The van der Waals surface area contributed by atoms with Crippen LogP contribution in [-0.2, 0) is 19.4 Å². The molecule has 0 aliphatic heterocycles. The number of hydrogen-bond acceptors (Lipinski definition) is 4. The molecule has 1 rings (SSSR count). The smallest absolute Gasteiger partial charge is 0.185 e. The fourth-order valence-corrected chi connectivity index (χ4v) is 4.56. The first-order chi connectivity index (χ1) is 9.42. The first-order valence-corrected chi connectivity index (χ1v) is 8.20. The molecule has 5 heteroatoms. The molecule has 0 heterocycles. The van der Waals surface area contributed by atoms with E-state index >= 15 is 0 Å². The summed E-state index contributed by atoms with van der Waals surface area (Å²) in [7, 11) is -3.68. The molecule has 20 heavy (non-hydrogen) atoms. The van der Waals surface area contributed by atoms with Crippen molar-refractivity contribution in [3.8, 4) is 6.07 Å². The number of unbranched alkanes of at least 4 members (excludes halogenated alkanes) is 1. The number of benzene rings is 1. The van der Waals surface area contributed by atoms with Gasteiger partial charge in [-0.25, -0.2) is 8.42 Å². The standard InChI is InChI=1S/C15H19NO3S/c1-13(2)15(12-16,14-8-4-3-5-9-14)20(18,19)11-7-6-10-17/h3-5,8-10,13H,6-7,11H2,1-2H3. The Hall–Kier alpha value is -1.67. The van der Waals surface area contributed by atoms with Crippen molar-refractivity contribution < 1.29 is 13.2 Å². The number of rotatable bonds is 7. The molecule has 0 saturated heterocycles. The lowest BCUT2D eigenvalue weighted by molar-refractivity contribution is -0.107. The maximum atomic E-state index is 12.7. The molecule has 1 aromatic rings. The number of nitrogens with zero attached hydrogens (tertiary/aromatic N) is 1. The van der Waals surface area contributed by atoms with E-state index in [0.29, 0.717) is 11.8 Å². The second kappa shape index (κ2) is 6.67. The maximum Gasteiger partial charge on any atom is 0.185 e. The Balaban J connectivity index is 3.33. The molecule has 0 radical (unpaired) electrons. The molecular formula is C15H19NO3S. The van der Waals surface area contributed by atoms with Gasteiger partial charge in [0.2, 0.25) is 0 Å². The highest BCUT2D eigenvalue weighted by molar-refractivity contribution is 7.92. The molecule has 0 fully saturated rings. The quantitative estimate of drug-likeness (QED) is 0.571. The fourth-order valence-electron chi connectivity index (χ4n) is 2.34. The SMILES string of the molecule is CC(C)C(C#N)(c1ccccc1)S(=O)(=O)CCCC=O. The Morgan fingerprint density at radius 1 is 1.30 bits per heavy atom. The molecule has 0 aliphatic rings. The first-order valence-electron chi connectivity index (χ1n) is 6.55. The van der Waals surface area contributed by atoms with E-state index in [1.807, 2.05) is 6.07 Å². The zero-order valence-corrected chi connectivity index (χ0v) is 12.6. The lowest BCUT2D eigenvalue weighted by atomic mass is 9.89. The normalized spacial score (nSPS) is 14.5. The topological polar surface area (TPSA) is 75.0 Å². The molecule has 0 aliphatic carbocycles. The Bertz CT molecular complexity index is 587. The van der Waals surface area contributed by atoms with Crippen molar-refractivity contribution >= 4 is 16.1 Å². The molecule has 1 unspecified atom stereocenters. The van der Waals surface area contributed by atoms with Crippen LogP contribution in [0.15, 0.2) is 30.3 Å². The van der Waals surface area contributed by atoms with Crippen molar-refractivity contribution in [2.24, 2.45) is 5.92 Å². The number of nitriles is 1. The van der Waals surface area contributed by atoms with E-state index in [1.165, 1.54) is 0 Å². The number of aldehydes is 1. The molecule has 0 saturated carbocycles. The Morgan fingerprint density at radius 2 is 1.90 bits per heavy atom. The number of carbonyl (C=O) groups excluding carboxylic acids is 1. The van der Waals surface area contributed by atoms with Gasteiger partial charge in [0.05, 0.1) is 11.8 Å². The van der Waals surface area contributed by atoms with Crippen LogP contribution in [0.4, 0.5) is 0 Å². The molecule has 0 bridgehead atoms. The fraction of sp³-hybridized carbons (Fsp3) is 0.467. The van der Waals surface area contributed by atoms with E-state index in [-0.39, 0.29) is 24.5 Å². The van der Waals surface area contributed by atoms with Crippen LogP contribution in [0.5, 0.6) is 0 Å². The van der Waals surface area contributed by atoms with Gasteiger partial charge in [0.25, 0.3) is 0 Å². The van der Waals surface area contributed by atoms with Gasteiger partial charge < -0.3 is 4.79 Å². The molecule has 1 atom stereocenters. The van der Waals surface area contributed by atoms with Crippen molar-refractivity contribution in [3.05, 3.63) is 35.9 Å². The zero-order chi connectivity index (χ0) is 15.2. The van der Waals surface area contributed by atoms with E-state index in [4.69, 9.17) is 0 Å². The molecule has 0 aromatic heterocycles. The van der Waals surface area contributed by atoms with Crippen molar-refractivity contribution in [2.75, 3.05) is 5.75 Å². The zero-order valence-electron chi connectivity index (χ0n) is 11.7. The van der Waals surface area contributed by atoms with E-state index < -0.39 is 14.6 Å². The number of carbonyl (C=O) groups is 1. The maximum absolute atomic E-state index is 12.7. The van der Waals surface area contributed by atoms with E-state index in [1.54, 1.807) is 44.2 Å². The summed E-state index contributed by atoms with van der Waals surface area (Å²) >= 11 is 0. The van der Waals surface area contributed by atoms with Crippen LogP contribution in [0.1, 0.15) is 32.3 Å². The molecule has 0 N–H and O–H groups in total. The molecule has 1 aromatic carbocycles. The minimum atomic E-state index is -3.68. The van der Waals surface area contributed by atoms with E-state index in [2.05, 4.69) is 0 Å². The minimum absolute atomic E-state index is 0.160. The van der Waals surface area contributed by atoms with Gasteiger partial charge in [0, 0.05) is 6.42 Å². The number of hydrogen-bond donors (Lipinski definition) is 0. The van der Waals surface area contributed by atoms with Crippen LogP contribution in [0.2, 0.25) is 0 Å². The van der Waals surface area contributed by atoms with Gasteiger partial charge in [0.1, 0.15) is 6.29 Å². The minimum Gasteiger partial charge on any atom is -0.303 e. The van der Waals surface area contributed by atoms with Gasteiger partial charge >= 0.3 is 0 Å². The summed E-state index contributed by atoms with van der Waals surface area (Å²) in [6, 6.07) is 10.6. The molecule has 0 spiro atoms. The third-order valence-electron chi connectivity index (χ3n) is 3.41. The van der Waals surface area contributed by atoms with Gasteiger partial charge in [-0.15, -0.1) is 0 Å². The highest BCUT2D eigenvalue weighted by Crippen LogP contribution is 2.38.